The van der Waals surface area contributed by atoms with Gasteiger partial charge in [-0.3, -0.25) is 14.5 Å². The van der Waals surface area contributed by atoms with Crippen molar-refractivity contribution in [2.75, 3.05) is 11.5 Å². The summed E-state index contributed by atoms with van der Waals surface area (Å²) in [6.07, 6.45) is 1.63. The first-order chi connectivity index (χ1) is 10.9. The van der Waals surface area contributed by atoms with Crippen molar-refractivity contribution in [1.29, 1.82) is 0 Å². The van der Waals surface area contributed by atoms with Crippen LogP contribution in [-0.4, -0.2) is 54.9 Å². The molecule has 0 radical (unpaired) electrons. The molecule has 0 aromatic carbocycles. The van der Waals surface area contributed by atoms with Crippen LogP contribution in [0.3, 0.4) is 0 Å². The van der Waals surface area contributed by atoms with Crippen LogP contribution in [0.1, 0.15) is 14.7 Å². The van der Waals surface area contributed by atoms with Gasteiger partial charge in [-0.25, -0.2) is 9.78 Å². The molecule has 0 spiro atoms. The molecule has 2 aliphatic heterocycles. The number of thioether (sulfide) groups is 2. The maximum absolute atomic E-state index is 12.1. The van der Waals surface area contributed by atoms with E-state index in [4.69, 9.17) is 5.73 Å². The zero-order valence-corrected chi connectivity index (χ0v) is 14.5. The molecule has 1 aromatic heterocycles. The number of fused-ring (bicyclic) bond motifs is 1. The highest BCUT2D eigenvalue weighted by atomic mass is 32.2. The monoisotopic (exact) mass is 371 g/mol. The van der Waals surface area contributed by atoms with Crippen LogP contribution in [-0.2, 0) is 9.59 Å². The maximum atomic E-state index is 12.1. The summed E-state index contributed by atoms with van der Waals surface area (Å²) in [6, 6.07) is -0.650. The molecule has 2 aliphatic rings. The van der Waals surface area contributed by atoms with E-state index < -0.39 is 12.0 Å². The number of hydrogen-bond acceptors (Lipinski definition) is 8. The number of aliphatic carboxylic acids is 1. The van der Waals surface area contributed by atoms with Crippen molar-refractivity contribution in [3.8, 4) is 0 Å². The molecule has 7 nitrogen and oxygen atoms in total. The lowest BCUT2D eigenvalue weighted by atomic mass is 10.0. The number of thiazole rings is 1. The van der Waals surface area contributed by atoms with Crippen molar-refractivity contribution in [3.63, 3.8) is 0 Å². The number of nitrogens with two attached hydrogens (primary N) is 1. The molecule has 122 valence electrons. The molecular weight excluding hydrogens is 358 g/mol. The SMILES string of the molecule is Cc1cnc(C(=O)SCC2=C(C(=O)O)N3C(=O)C(N)[C@H]3SC2)s1. The molecular formula is C13H13N3O4S3. The van der Waals surface area contributed by atoms with Gasteiger partial charge in [0.15, 0.2) is 5.01 Å². The zero-order chi connectivity index (χ0) is 16.7. The van der Waals surface area contributed by atoms with E-state index in [0.717, 1.165) is 16.6 Å². The second-order valence-corrected chi connectivity index (χ2v) is 8.33. The molecule has 2 atom stereocenters. The Hall–Kier alpha value is -1.36. The fourth-order valence-electron chi connectivity index (χ4n) is 2.35. The van der Waals surface area contributed by atoms with Gasteiger partial charge in [0.05, 0.1) is 0 Å². The first-order valence-corrected chi connectivity index (χ1v) is 9.50. The third kappa shape index (κ3) is 2.91. The highest BCUT2D eigenvalue weighted by molar-refractivity contribution is 8.14. The number of carboxylic acid groups (broad SMARTS) is 1. The molecule has 3 N–H and O–H groups in total. The number of carbonyl (C=O) groups is 3. The van der Waals surface area contributed by atoms with Crippen molar-refractivity contribution in [3.05, 3.63) is 27.4 Å². The van der Waals surface area contributed by atoms with Gasteiger partial charge in [0, 0.05) is 22.6 Å². The van der Waals surface area contributed by atoms with Gasteiger partial charge >= 0.3 is 5.97 Å². The Bertz CT molecular complexity index is 730. The first-order valence-electron chi connectivity index (χ1n) is 6.65. The number of carboxylic acids is 1. The Morgan fingerprint density at radius 3 is 2.91 bits per heavy atom. The van der Waals surface area contributed by atoms with Crippen molar-refractivity contribution in [2.45, 2.75) is 18.3 Å². The van der Waals surface area contributed by atoms with E-state index in [-0.39, 0.29) is 27.8 Å². The molecule has 1 fully saturated rings. The van der Waals surface area contributed by atoms with Crippen LogP contribution >= 0.6 is 34.9 Å². The minimum Gasteiger partial charge on any atom is -0.477 e. The first kappa shape index (κ1) is 16.5. The van der Waals surface area contributed by atoms with Crippen molar-refractivity contribution < 1.29 is 19.5 Å². The summed E-state index contributed by atoms with van der Waals surface area (Å²) in [5.74, 6) is -0.883. The molecule has 3 rings (SSSR count). The molecule has 0 saturated carbocycles. The van der Waals surface area contributed by atoms with Gasteiger partial charge in [0.25, 0.3) is 0 Å². The highest BCUT2D eigenvalue weighted by Crippen LogP contribution is 2.40. The number of hydrogen-bond donors (Lipinski definition) is 2. The predicted octanol–water partition coefficient (Wildman–Crippen LogP) is 0.906. The predicted molar refractivity (Wildman–Crippen MR) is 89.4 cm³/mol. The third-order valence-electron chi connectivity index (χ3n) is 3.46. The summed E-state index contributed by atoms with van der Waals surface area (Å²) in [5, 5.41) is 9.30. The molecule has 10 heteroatoms. The molecule has 0 bridgehead atoms. The average molecular weight is 371 g/mol. The van der Waals surface area contributed by atoms with E-state index >= 15 is 0 Å². The number of carbonyl (C=O) groups excluding carboxylic acids is 2. The second-order valence-electron chi connectivity index (χ2n) is 5.05. The fourth-order valence-corrected chi connectivity index (χ4v) is 5.40. The van der Waals surface area contributed by atoms with Crippen molar-refractivity contribution in [2.24, 2.45) is 5.73 Å². The number of amides is 1. The van der Waals surface area contributed by atoms with Gasteiger partial charge in [-0.1, -0.05) is 11.8 Å². The van der Waals surface area contributed by atoms with E-state index in [1.165, 1.54) is 28.0 Å². The highest BCUT2D eigenvalue weighted by Gasteiger charge is 2.51. The average Bonchev–Trinajstić information content (AvgIpc) is 2.97. The number of nitrogens with zero attached hydrogens (tertiary/aromatic N) is 2. The van der Waals surface area contributed by atoms with Gasteiger partial charge in [0.2, 0.25) is 11.0 Å². The molecule has 1 aromatic rings. The van der Waals surface area contributed by atoms with Crippen LogP contribution in [0, 0.1) is 6.92 Å². The van der Waals surface area contributed by atoms with Gasteiger partial charge in [0.1, 0.15) is 17.1 Å². The maximum Gasteiger partial charge on any atom is 0.352 e. The van der Waals surface area contributed by atoms with E-state index in [1.54, 1.807) is 6.20 Å². The summed E-state index contributed by atoms with van der Waals surface area (Å²) in [4.78, 5) is 41.6. The standard InChI is InChI=1S/C13H13N3O4S3/c1-5-2-15-9(23-5)13(20)22-4-6-3-21-11-7(14)10(17)16(11)8(6)12(18)19/h2,7,11H,3-4,14H2,1H3,(H,18,19)/t7?,11-/m1/s1. The number of β-lactam (4-membered cyclic amide) rings is 1. The van der Waals surface area contributed by atoms with Crippen molar-refractivity contribution >= 4 is 51.9 Å². The lowest BCUT2D eigenvalue weighted by Gasteiger charge is -2.48. The lowest BCUT2D eigenvalue weighted by Crippen LogP contribution is -2.68. The molecule has 23 heavy (non-hydrogen) atoms. The quantitative estimate of drug-likeness (QED) is 0.751. The van der Waals surface area contributed by atoms with Crippen LogP contribution < -0.4 is 5.73 Å². The largest absolute Gasteiger partial charge is 0.477 e. The third-order valence-corrected chi connectivity index (χ3v) is 6.81. The van der Waals surface area contributed by atoms with Crippen LogP contribution in [0.5, 0.6) is 0 Å². The topological polar surface area (TPSA) is 114 Å². The number of aryl methyl sites for hydroxylation is 1. The summed E-state index contributed by atoms with van der Waals surface area (Å²) in [5.41, 5.74) is 6.22. The molecule has 1 unspecified atom stereocenters. The van der Waals surface area contributed by atoms with Crippen LogP contribution in [0.25, 0.3) is 0 Å². The Balaban J connectivity index is 1.76. The van der Waals surface area contributed by atoms with Gasteiger partial charge in [-0.05, 0) is 12.5 Å². The minimum atomic E-state index is -1.16. The summed E-state index contributed by atoms with van der Waals surface area (Å²) in [7, 11) is 0. The Kier molecular flexibility index (Phi) is 4.50. The molecule has 3 heterocycles. The number of aromatic nitrogens is 1. The van der Waals surface area contributed by atoms with E-state index in [1.807, 2.05) is 6.92 Å². The Morgan fingerprint density at radius 2 is 2.30 bits per heavy atom. The van der Waals surface area contributed by atoms with Crippen LogP contribution in [0.15, 0.2) is 17.5 Å². The van der Waals surface area contributed by atoms with E-state index in [9.17, 15) is 19.5 Å². The smallest absolute Gasteiger partial charge is 0.352 e. The van der Waals surface area contributed by atoms with Crippen molar-refractivity contribution in [1.82, 2.24) is 9.88 Å². The Labute approximate surface area is 144 Å². The second kappa shape index (κ2) is 6.27. The fraction of sp³-hybridized carbons (Fsp3) is 0.385. The minimum absolute atomic E-state index is 0.0314. The summed E-state index contributed by atoms with van der Waals surface area (Å²) < 4.78 is 0. The normalized spacial score (nSPS) is 23.6. The summed E-state index contributed by atoms with van der Waals surface area (Å²) >= 11 is 3.73. The summed E-state index contributed by atoms with van der Waals surface area (Å²) in [6.45, 7) is 1.86. The van der Waals surface area contributed by atoms with Gasteiger partial charge < -0.3 is 10.8 Å². The lowest BCUT2D eigenvalue weighted by molar-refractivity contribution is -0.147. The Morgan fingerprint density at radius 1 is 1.57 bits per heavy atom. The molecule has 1 saturated heterocycles. The van der Waals surface area contributed by atoms with Gasteiger partial charge in [-0.15, -0.1) is 23.1 Å². The number of rotatable bonds is 4. The van der Waals surface area contributed by atoms with E-state index in [0.29, 0.717) is 16.3 Å². The van der Waals surface area contributed by atoms with E-state index in [2.05, 4.69) is 4.98 Å². The zero-order valence-electron chi connectivity index (χ0n) is 12.0. The molecule has 1 amide bonds. The van der Waals surface area contributed by atoms with Gasteiger partial charge in [-0.2, -0.15) is 0 Å². The molecule has 0 aliphatic carbocycles. The van der Waals surface area contributed by atoms with Crippen LogP contribution in [0.4, 0.5) is 0 Å². The van der Waals surface area contributed by atoms with Crippen LogP contribution in [0.2, 0.25) is 0 Å².